The number of hydrogen-bond donors (Lipinski definition) is 2. The van der Waals surface area contributed by atoms with E-state index in [1.54, 1.807) is 13.0 Å². The third-order valence-electron chi connectivity index (χ3n) is 3.70. The fourth-order valence-corrected chi connectivity index (χ4v) is 2.37. The van der Waals surface area contributed by atoms with Crippen molar-refractivity contribution >= 4 is 5.97 Å². The van der Waals surface area contributed by atoms with E-state index in [9.17, 15) is 15.0 Å². The zero-order valence-corrected chi connectivity index (χ0v) is 15.6. The largest absolute Gasteiger partial charge is 0.457 e. The van der Waals surface area contributed by atoms with Gasteiger partial charge < -0.3 is 24.4 Å². The number of allylic oxidation sites excluding steroid dienone is 1. The predicted octanol–water partition coefficient (Wildman–Crippen LogP) is 2.32. The van der Waals surface area contributed by atoms with Crippen molar-refractivity contribution in [1.29, 1.82) is 0 Å². The average molecular weight is 344 g/mol. The van der Waals surface area contributed by atoms with Crippen molar-refractivity contribution in [3.05, 3.63) is 12.2 Å². The van der Waals surface area contributed by atoms with Crippen LogP contribution < -0.4 is 0 Å². The van der Waals surface area contributed by atoms with Crippen molar-refractivity contribution in [2.45, 2.75) is 96.6 Å². The molecule has 1 heterocycles. The molecule has 1 rings (SSSR count). The molecule has 6 nitrogen and oxygen atoms in total. The van der Waals surface area contributed by atoms with Gasteiger partial charge in [0.2, 0.25) is 0 Å². The molecular formula is C18H32O6. The normalized spacial score (nSPS) is 29.0. The highest BCUT2D eigenvalue weighted by Gasteiger charge is 2.37. The van der Waals surface area contributed by atoms with Crippen molar-refractivity contribution in [1.82, 2.24) is 0 Å². The van der Waals surface area contributed by atoms with Crippen LogP contribution in [0.3, 0.4) is 0 Å². The molecule has 0 aromatic carbocycles. The van der Waals surface area contributed by atoms with E-state index in [2.05, 4.69) is 0 Å². The molecule has 1 aliphatic rings. The Hall–Kier alpha value is -0.950. The number of carbonyl (C=O) groups is 1. The smallest absolute Gasteiger partial charge is 0.330 e. The van der Waals surface area contributed by atoms with Gasteiger partial charge in [0.15, 0.2) is 6.29 Å². The van der Waals surface area contributed by atoms with E-state index in [1.807, 2.05) is 34.6 Å². The molecule has 4 atom stereocenters. The standard InChI is InChI=1S/C18H32O6/c1-12-13(19)11-14(20)16(22-12)24-18(5,6)10-8-7-9-15(21)23-17(2,3)4/h7,9,12-14,16,19-20H,8,10-11H2,1-6H3/b9-7+/t12-,13+,14+,16-/m0/s1. The van der Waals surface area contributed by atoms with Crippen LogP contribution in [0.4, 0.5) is 0 Å². The lowest BCUT2D eigenvalue weighted by atomic mass is 10.0. The predicted molar refractivity (Wildman–Crippen MR) is 90.3 cm³/mol. The Morgan fingerprint density at radius 2 is 1.83 bits per heavy atom. The van der Waals surface area contributed by atoms with Crippen LogP contribution in [0, 0.1) is 0 Å². The highest BCUT2D eigenvalue weighted by Crippen LogP contribution is 2.27. The summed E-state index contributed by atoms with van der Waals surface area (Å²) in [6.45, 7) is 11.0. The molecule has 0 bridgehead atoms. The van der Waals surface area contributed by atoms with Crippen LogP contribution >= 0.6 is 0 Å². The van der Waals surface area contributed by atoms with Crippen molar-refractivity contribution in [2.75, 3.05) is 0 Å². The SMILES string of the molecule is C[C@@H]1O[C@@H](OC(C)(C)CC/C=C/C(=O)OC(C)(C)C)[C@H](O)C[C@H]1O. The van der Waals surface area contributed by atoms with Gasteiger partial charge in [-0.2, -0.15) is 0 Å². The van der Waals surface area contributed by atoms with Gasteiger partial charge in [0, 0.05) is 12.5 Å². The maximum absolute atomic E-state index is 11.6. The number of hydrogen-bond acceptors (Lipinski definition) is 6. The zero-order valence-electron chi connectivity index (χ0n) is 15.6. The fraction of sp³-hybridized carbons (Fsp3) is 0.833. The van der Waals surface area contributed by atoms with Gasteiger partial charge >= 0.3 is 5.97 Å². The van der Waals surface area contributed by atoms with E-state index in [4.69, 9.17) is 14.2 Å². The molecule has 0 radical (unpaired) electrons. The maximum atomic E-state index is 11.6. The van der Waals surface area contributed by atoms with Crippen LogP contribution in [0.5, 0.6) is 0 Å². The highest BCUT2D eigenvalue weighted by atomic mass is 16.7. The highest BCUT2D eigenvalue weighted by molar-refractivity contribution is 5.82. The Morgan fingerprint density at radius 3 is 2.42 bits per heavy atom. The molecule has 2 N–H and O–H groups in total. The van der Waals surface area contributed by atoms with Gasteiger partial charge in [-0.1, -0.05) is 6.08 Å². The molecule has 0 aromatic heterocycles. The Kier molecular flexibility index (Phi) is 7.41. The van der Waals surface area contributed by atoms with Gasteiger partial charge in [-0.3, -0.25) is 0 Å². The van der Waals surface area contributed by atoms with Crippen molar-refractivity contribution < 1.29 is 29.2 Å². The van der Waals surface area contributed by atoms with Crippen LogP contribution in [0.1, 0.15) is 60.8 Å². The van der Waals surface area contributed by atoms with E-state index in [-0.39, 0.29) is 18.5 Å². The Bertz CT molecular complexity index is 437. The van der Waals surface area contributed by atoms with E-state index in [0.29, 0.717) is 12.8 Å². The molecule has 0 amide bonds. The first-order valence-corrected chi connectivity index (χ1v) is 8.48. The maximum Gasteiger partial charge on any atom is 0.330 e. The van der Waals surface area contributed by atoms with E-state index in [0.717, 1.165) is 0 Å². The van der Waals surface area contributed by atoms with E-state index in [1.165, 1.54) is 6.08 Å². The number of aliphatic hydroxyl groups excluding tert-OH is 2. The minimum absolute atomic E-state index is 0.237. The summed E-state index contributed by atoms with van der Waals surface area (Å²) in [7, 11) is 0. The van der Waals surface area contributed by atoms with Gasteiger partial charge in [0.25, 0.3) is 0 Å². The molecular weight excluding hydrogens is 312 g/mol. The molecule has 140 valence electrons. The summed E-state index contributed by atoms with van der Waals surface area (Å²) in [5.41, 5.74) is -1.04. The summed E-state index contributed by atoms with van der Waals surface area (Å²) in [4.78, 5) is 11.6. The number of esters is 1. The number of rotatable bonds is 6. The first-order chi connectivity index (χ1) is 10.9. The Labute approximate surface area is 144 Å². The molecule has 1 aliphatic heterocycles. The van der Waals surface area contributed by atoms with E-state index < -0.39 is 29.7 Å². The summed E-state index contributed by atoms with van der Waals surface area (Å²) < 4.78 is 16.6. The molecule has 0 unspecified atom stereocenters. The average Bonchev–Trinajstić information content (AvgIpc) is 2.39. The molecule has 6 heteroatoms. The second-order valence-electron chi connectivity index (χ2n) is 7.93. The minimum Gasteiger partial charge on any atom is -0.457 e. The number of carbonyl (C=O) groups excluding carboxylic acids is 1. The van der Waals surface area contributed by atoms with Crippen LogP contribution in [-0.4, -0.2) is 52.0 Å². The Balaban J connectivity index is 2.42. The summed E-state index contributed by atoms with van der Waals surface area (Å²) >= 11 is 0. The van der Waals surface area contributed by atoms with Gasteiger partial charge in [-0.25, -0.2) is 4.79 Å². The Morgan fingerprint density at radius 1 is 1.21 bits per heavy atom. The quantitative estimate of drug-likeness (QED) is 0.568. The van der Waals surface area contributed by atoms with Gasteiger partial charge in [-0.05, 0) is 54.4 Å². The summed E-state index contributed by atoms with van der Waals surface area (Å²) in [6.07, 6.45) is 2.03. The van der Waals surface area contributed by atoms with Crippen molar-refractivity contribution in [3.8, 4) is 0 Å². The third kappa shape index (κ3) is 7.75. The van der Waals surface area contributed by atoms with Crippen LogP contribution in [0.15, 0.2) is 12.2 Å². The first kappa shape index (κ1) is 21.1. The molecule has 0 saturated carbocycles. The molecule has 1 saturated heterocycles. The molecule has 24 heavy (non-hydrogen) atoms. The summed E-state index contributed by atoms with van der Waals surface area (Å²) in [6, 6.07) is 0. The minimum atomic E-state index is -0.854. The summed E-state index contributed by atoms with van der Waals surface area (Å²) in [5.74, 6) is -0.366. The second-order valence-corrected chi connectivity index (χ2v) is 7.93. The number of ether oxygens (including phenoxy) is 3. The van der Waals surface area contributed by atoms with Crippen LogP contribution in [0.2, 0.25) is 0 Å². The summed E-state index contributed by atoms with van der Waals surface area (Å²) in [5, 5.41) is 19.7. The fourth-order valence-electron chi connectivity index (χ4n) is 2.37. The van der Waals surface area contributed by atoms with Crippen molar-refractivity contribution in [3.63, 3.8) is 0 Å². The topological polar surface area (TPSA) is 85.2 Å². The lowest BCUT2D eigenvalue weighted by Gasteiger charge is -2.39. The van der Waals surface area contributed by atoms with Gasteiger partial charge in [-0.15, -0.1) is 0 Å². The van der Waals surface area contributed by atoms with Gasteiger partial charge in [0.05, 0.1) is 17.8 Å². The van der Waals surface area contributed by atoms with Crippen molar-refractivity contribution in [2.24, 2.45) is 0 Å². The molecule has 0 spiro atoms. The molecule has 0 aromatic rings. The van der Waals surface area contributed by atoms with Crippen LogP contribution in [-0.2, 0) is 19.0 Å². The zero-order chi connectivity index (χ0) is 18.5. The molecule has 0 aliphatic carbocycles. The number of aliphatic hydroxyl groups is 2. The second kappa shape index (κ2) is 8.43. The molecule has 1 fully saturated rings. The third-order valence-corrected chi connectivity index (χ3v) is 3.70. The first-order valence-electron chi connectivity index (χ1n) is 8.48. The van der Waals surface area contributed by atoms with Crippen LogP contribution in [0.25, 0.3) is 0 Å². The lowest BCUT2D eigenvalue weighted by Crippen LogP contribution is -2.49. The monoisotopic (exact) mass is 344 g/mol. The van der Waals surface area contributed by atoms with Gasteiger partial charge in [0.1, 0.15) is 11.7 Å². The lowest BCUT2D eigenvalue weighted by molar-refractivity contribution is -0.291. The van der Waals surface area contributed by atoms with E-state index >= 15 is 0 Å².